The molecule has 1 N–H and O–H groups in total. The van der Waals surface area contributed by atoms with Crippen LogP contribution in [0.15, 0.2) is 88.2 Å². The van der Waals surface area contributed by atoms with Gasteiger partial charge in [-0.05, 0) is 54.4 Å². The molecule has 162 valence electrons. The molecule has 0 heterocycles. The van der Waals surface area contributed by atoms with Crippen molar-refractivity contribution in [1.82, 2.24) is 9.62 Å². The number of carbonyl (C=O) groups excluding carboxylic acids is 1. The van der Waals surface area contributed by atoms with Crippen molar-refractivity contribution in [1.29, 1.82) is 0 Å². The minimum absolute atomic E-state index is 0.0739. The van der Waals surface area contributed by atoms with E-state index in [0.29, 0.717) is 5.02 Å². The zero-order valence-electron chi connectivity index (χ0n) is 16.8. The van der Waals surface area contributed by atoms with Crippen molar-refractivity contribution in [3.8, 4) is 0 Å². The molecule has 31 heavy (non-hydrogen) atoms. The van der Waals surface area contributed by atoms with Crippen molar-refractivity contribution in [3.05, 3.63) is 99.5 Å². The van der Waals surface area contributed by atoms with Gasteiger partial charge >= 0.3 is 0 Å². The maximum atomic E-state index is 13.3. The van der Waals surface area contributed by atoms with Gasteiger partial charge in [0.05, 0.1) is 17.5 Å². The van der Waals surface area contributed by atoms with Gasteiger partial charge in [0, 0.05) is 16.0 Å². The number of amides is 1. The molecule has 3 rings (SSSR count). The van der Waals surface area contributed by atoms with Crippen LogP contribution in [0.25, 0.3) is 0 Å². The Morgan fingerprint density at radius 1 is 1.03 bits per heavy atom. The first-order chi connectivity index (χ1) is 14.8. The number of rotatable bonds is 8. The molecule has 5 nitrogen and oxygen atoms in total. The molecule has 0 aromatic heterocycles. The predicted octanol–water partition coefficient (Wildman–Crippen LogP) is 5.17. The molecule has 0 aliphatic heterocycles. The Bertz CT molecular complexity index is 1140. The van der Waals surface area contributed by atoms with Crippen LogP contribution >= 0.6 is 27.5 Å². The average Bonchev–Trinajstić information content (AvgIpc) is 2.74. The number of hydrogen-bond acceptors (Lipinski definition) is 3. The highest BCUT2D eigenvalue weighted by Gasteiger charge is 2.27. The second-order valence-corrected chi connectivity index (χ2v) is 10.3. The van der Waals surface area contributed by atoms with Crippen molar-refractivity contribution >= 4 is 43.5 Å². The molecule has 0 spiro atoms. The Hall–Kier alpha value is -2.19. The van der Waals surface area contributed by atoms with E-state index < -0.39 is 10.0 Å². The molecule has 0 bridgehead atoms. The standard InChI is InChI=1S/C23H22BrClN2O3S/c1-17(19-8-5-9-20(24)14-19)26-23(28)16-27(15-18-6-3-2-4-7-18)31(29,30)22-12-10-21(25)11-13-22/h2-14,17H,15-16H2,1H3,(H,26,28)/t17-/m1/s1. The second-order valence-electron chi connectivity index (χ2n) is 7.06. The highest BCUT2D eigenvalue weighted by Crippen LogP contribution is 2.21. The van der Waals surface area contributed by atoms with Gasteiger partial charge in [-0.1, -0.05) is 70.0 Å². The van der Waals surface area contributed by atoms with E-state index >= 15 is 0 Å². The fourth-order valence-electron chi connectivity index (χ4n) is 3.08. The average molecular weight is 522 g/mol. The first kappa shape index (κ1) is 23.5. The quantitative estimate of drug-likeness (QED) is 0.445. The van der Waals surface area contributed by atoms with E-state index in [1.165, 1.54) is 28.6 Å². The Labute approximate surface area is 196 Å². The minimum Gasteiger partial charge on any atom is -0.348 e. The van der Waals surface area contributed by atoms with Gasteiger partial charge in [0.2, 0.25) is 15.9 Å². The van der Waals surface area contributed by atoms with E-state index in [-0.39, 0.29) is 29.9 Å². The van der Waals surface area contributed by atoms with Gasteiger partial charge in [-0.25, -0.2) is 8.42 Å². The number of hydrogen-bond donors (Lipinski definition) is 1. The van der Waals surface area contributed by atoms with Crippen LogP contribution in [0, 0.1) is 0 Å². The first-order valence-electron chi connectivity index (χ1n) is 9.60. The van der Waals surface area contributed by atoms with Gasteiger partial charge in [0.25, 0.3) is 0 Å². The summed E-state index contributed by atoms with van der Waals surface area (Å²) >= 11 is 9.33. The molecule has 1 atom stereocenters. The Balaban J connectivity index is 1.82. The van der Waals surface area contributed by atoms with Crippen molar-refractivity contribution in [2.24, 2.45) is 0 Å². The van der Waals surface area contributed by atoms with Crippen LogP contribution in [0.4, 0.5) is 0 Å². The molecule has 0 saturated heterocycles. The van der Waals surface area contributed by atoms with E-state index in [0.717, 1.165) is 15.6 Å². The third kappa shape index (κ3) is 6.40. The van der Waals surface area contributed by atoms with E-state index in [9.17, 15) is 13.2 Å². The summed E-state index contributed by atoms with van der Waals surface area (Å²) in [5.74, 6) is -0.388. The Morgan fingerprint density at radius 3 is 2.35 bits per heavy atom. The molecule has 3 aromatic rings. The summed E-state index contributed by atoms with van der Waals surface area (Å²) in [7, 11) is -3.91. The molecule has 0 aliphatic rings. The van der Waals surface area contributed by atoms with Crippen LogP contribution in [-0.2, 0) is 21.4 Å². The van der Waals surface area contributed by atoms with Crippen LogP contribution in [-0.4, -0.2) is 25.2 Å². The van der Waals surface area contributed by atoms with Crippen molar-refractivity contribution in [3.63, 3.8) is 0 Å². The number of nitrogens with one attached hydrogen (secondary N) is 1. The summed E-state index contributed by atoms with van der Waals surface area (Å²) in [6, 6.07) is 22.4. The Morgan fingerprint density at radius 2 is 1.71 bits per heavy atom. The van der Waals surface area contributed by atoms with Crippen LogP contribution in [0.2, 0.25) is 5.02 Å². The molecular weight excluding hydrogens is 500 g/mol. The lowest BCUT2D eigenvalue weighted by atomic mass is 10.1. The van der Waals surface area contributed by atoms with E-state index in [4.69, 9.17) is 11.6 Å². The number of nitrogens with zero attached hydrogens (tertiary/aromatic N) is 1. The van der Waals surface area contributed by atoms with Gasteiger partial charge in [0.1, 0.15) is 0 Å². The van der Waals surface area contributed by atoms with Crippen LogP contribution in [0.1, 0.15) is 24.1 Å². The number of halogens is 2. The topological polar surface area (TPSA) is 66.5 Å². The highest BCUT2D eigenvalue weighted by molar-refractivity contribution is 9.10. The summed E-state index contributed by atoms with van der Waals surface area (Å²) in [6.45, 7) is 1.62. The summed E-state index contributed by atoms with van der Waals surface area (Å²) < 4.78 is 28.6. The van der Waals surface area contributed by atoms with Crippen LogP contribution < -0.4 is 5.32 Å². The normalized spacial score (nSPS) is 12.5. The molecule has 0 aliphatic carbocycles. The van der Waals surface area contributed by atoms with Gasteiger partial charge in [-0.15, -0.1) is 0 Å². The van der Waals surface area contributed by atoms with Crippen molar-refractivity contribution < 1.29 is 13.2 Å². The fraction of sp³-hybridized carbons (Fsp3) is 0.174. The Kier molecular flexibility index (Phi) is 7.89. The van der Waals surface area contributed by atoms with Crippen molar-refractivity contribution in [2.45, 2.75) is 24.4 Å². The van der Waals surface area contributed by atoms with Crippen LogP contribution in [0.5, 0.6) is 0 Å². The van der Waals surface area contributed by atoms with Gasteiger partial charge in [-0.2, -0.15) is 4.31 Å². The first-order valence-corrected chi connectivity index (χ1v) is 12.2. The van der Waals surface area contributed by atoms with E-state index in [2.05, 4.69) is 21.2 Å². The highest BCUT2D eigenvalue weighted by atomic mass is 79.9. The summed E-state index contributed by atoms with van der Waals surface area (Å²) in [5.41, 5.74) is 1.70. The van der Waals surface area contributed by atoms with Gasteiger partial charge in [0.15, 0.2) is 0 Å². The molecule has 0 fully saturated rings. The molecule has 0 unspecified atom stereocenters. The lowest BCUT2D eigenvalue weighted by Gasteiger charge is -2.23. The molecule has 1 amide bonds. The largest absolute Gasteiger partial charge is 0.348 e. The fourth-order valence-corrected chi connectivity index (χ4v) is 5.00. The summed E-state index contributed by atoms with van der Waals surface area (Å²) in [5, 5.41) is 3.32. The van der Waals surface area contributed by atoms with Crippen LogP contribution in [0.3, 0.4) is 0 Å². The van der Waals surface area contributed by atoms with E-state index in [1.807, 2.05) is 61.5 Å². The van der Waals surface area contributed by atoms with E-state index in [1.54, 1.807) is 0 Å². The summed E-state index contributed by atoms with van der Waals surface area (Å²) in [6.07, 6.45) is 0. The number of benzene rings is 3. The minimum atomic E-state index is -3.91. The second kappa shape index (κ2) is 10.4. The molecule has 0 saturated carbocycles. The van der Waals surface area contributed by atoms with Gasteiger partial charge < -0.3 is 5.32 Å². The molecule has 3 aromatic carbocycles. The molecule has 8 heteroatoms. The zero-order valence-corrected chi connectivity index (χ0v) is 20.0. The predicted molar refractivity (Wildman–Crippen MR) is 126 cm³/mol. The maximum absolute atomic E-state index is 13.3. The number of carbonyl (C=O) groups is 1. The zero-order chi connectivity index (χ0) is 22.4. The lowest BCUT2D eigenvalue weighted by molar-refractivity contribution is -0.122. The lowest BCUT2D eigenvalue weighted by Crippen LogP contribution is -2.41. The SMILES string of the molecule is C[C@@H](NC(=O)CN(Cc1ccccc1)S(=O)(=O)c1ccc(Cl)cc1)c1cccc(Br)c1. The third-order valence-electron chi connectivity index (χ3n) is 4.70. The monoisotopic (exact) mass is 520 g/mol. The molecule has 0 radical (unpaired) electrons. The van der Waals surface area contributed by atoms with Crippen molar-refractivity contribution in [2.75, 3.05) is 6.54 Å². The smallest absolute Gasteiger partial charge is 0.243 e. The number of sulfonamides is 1. The maximum Gasteiger partial charge on any atom is 0.243 e. The van der Waals surface area contributed by atoms with Gasteiger partial charge in [-0.3, -0.25) is 4.79 Å². The molecular formula is C23H22BrClN2O3S. The summed E-state index contributed by atoms with van der Waals surface area (Å²) in [4.78, 5) is 12.9. The third-order valence-corrected chi connectivity index (χ3v) is 7.25.